The van der Waals surface area contributed by atoms with Crippen molar-refractivity contribution in [1.29, 1.82) is 0 Å². The highest BCUT2D eigenvalue weighted by Gasteiger charge is 2.53. The summed E-state index contributed by atoms with van der Waals surface area (Å²) < 4.78 is 14.5. The number of halogens is 1. The van der Waals surface area contributed by atoms with Crippen molar-refractivity contribution < 1.29 is 18.8 Å². The molecule has 0 unspecified atom stereocenters. The minimum atomic E-state index is -0.834. The van der Waals surface area contributed by atoms with E-state index in [4.69, 9.17) is 0 Å². The van der Waals surface area contributed by atoms with Crippen molar-refractivity contribution in [3.8, 4) is 0 Å². The standard InChI is InChI=1S/C19H22FN3O3/c1-12-9-13-5-4-8-22(16(13)14(20)10-12)15(24)11-23-17(25)19(21-18(23)26)6-2-3-7-19/h9-10H,2-8,11H2,1H3,(H,21,26). The molecule has 0 radical (unpaired) electrons. The summed E-state index contributed by atoms with van der Waals surface area (Å²) >= 11 is 0. The third kappa shape index (κ3) is 2.57. The summed E-state index contributed by atoms with van der Waals surface area (Å²) in [5, 5.41) is 2.77. The molecule has 26 heavy (non-hydrogen) atoms. The van der Waals surface area contributed by atoms with E-state index in [0.29, 0.717) is 25.8 Å². The maximum atomic E-state index is 14.5. The molecule has 2 heterocycles. The van der Waals surface area contributed by atoms with Crippen LogP contribution in [0.1, 0.15) is 43.2 Å². The van der Waals surface area contributed by atoms with E-state index in [-0.39, 0.29) is 18.1 Å². The van der Waals surface area contributed by atoms with Crippen molar-refractivity contribution in [2.24, 2.45) is 0 Å². The Morgan fingerprint density at radius 3 is 2.69 bits per heavy atom. The van der Waals surface area contributed by atoms with E-state index in [1.165, 1.54) is 11.0 Å². The van der Waals surface area contributed by atoms with E-state index in [1.807, 2.05) is 13.0 Å². The molecular weight excluding hydrogens is 337 g/mol. The Labute approximate surface area is 151 Å². The predicted molar refractivity (Wildman–Crippen MR) is 93.3 cm³/mol. The Bertz CT molecular complexity index is 801. The van der Waals surface area contributed by atoms with Crippen LogP contribution in [-0.4, -0.2) is 41.4 Å². The second kappa shape index (κ2) is 6.07. The Morgan fingerprint density at radius 1 is 1.23 bits per heavy atom. The van der Waals surface area contributed by atoms with Gasteiger partial charge in [-0.1, -0.05) is 18.9 Å². The number of urea groups is 1. The maximum Gasteiger partial charge on any atom is 0.325 e. The number of hydrogen-bond acceptors (Lipinski definition) is 3. The molecule has 1 aliphatic carbocycles. The molecule has 1 N–H and O–H groups in total. The van der Waals surface area contributed by atoms with Crippen LogP contribution >= 0.6 is 0 Å². The number of imide groups is 1. The maximum absolute atomic E-state index is 14.5. The fourth-order valence-corrected chi connectivity index (χ4v) is 4.45. The van der Waals surface area contributed by atoms with Crippen LogP contribution in [0.3, 0.4) is 0 Å². The summed E-state index contributed by atoms with van der Waals surface area (Å²) in [5.41, 5.74) is 1.06. The lowest BCUT2D eigenvalue weighted by molar-refractivity contribution is -0.134. The zero-order valence-corrected chi connectivity index (χ0v) is 14.8. The van der Waals surface area contributed by atoms with Crippen molar-refractivity contribution in [2.75, 3.05) is 18.0 Å². The second-order valence-electron chi connectivity index (χ2n) is 7.51. The molecule has 1 spiro atoms. The largest absolute Gasteiger partial charge is 0.325 e. The third-order valence-corrected chi connectivity index (χ3v) is 5.68. The van der Waals surface area contributed by atoms with E-state index in [1.54, 1.807) is 0 Å². The lowest BCUT2D eigenvalue weighted by Gasteiger charge is -2.31. The van der Waals surface area contributed by atoms with Gasteiger partial charge in [-0.25, -0.2) is 9.18 Å². The van der Waals surface area contributed by atoms with E-state index in [2.05, 4.69) is 5.32 Å². The van der Waals surface area contributed by atoms with Crippen LogP contribution in [0.2, 0.25) is 0 Å². The zero-order chi connectivity index (χ0) is 18.5. The van der Waals surface area contributed by atoms with Crippen LogP contribution in [0.5, 0.6) is 0 Å². The number of anilines is 1. The first-order chi connectivity index (χ1) is 12.4. The lowest BCUT2D eigenvalue weighted by atomic mass is 9.98. The average Bonchev–Trinajstić information content (AvgIpc) is 3.15. The summed E-state index contributed by atoms with van der Waals surface area (Å²) in [6, 6.07) is 2.77. The van der Waals surface area contributed by atoms with Gasteiger partial charge in [0, 0.05) is 6.54 Å². The van der Waals surface area contributed by atoms with E-state index in [9.17, 15) is 18.8 Å². The van der Waals surface area contributed by atoms with Crippen LogP contribution in [0, 0.1) is 12.7 Å². The molecule has 0 aromatic heterocycles. The molecule has 1 saturated carbocycles. The van der Waals surface area contributed by atoms with Gasteiger partial charge in [0.1, 0.15) is 17.9 Å². The topological polar surface area (TPSA) is 69.7 Å². The highest BCUT2D eigenvalue weighted by molar-refractivity contribution is 6.10. The second-order valence-corrected chi connectivity index (χ2v) is 7.51. The number of carbonyl (C=O) groups is 3. The fraction of sp³-hybridized carbons (Fsp3) is 0.526. The van der Waals surface area contributed by atoms with Crippen LogP contribution in [-0.2, 0) is 16.0 Å². The molecule has 138 valence electrons. The summed E-state index contributed by atoms with van der Waals surface area (Å²) in [5.74, 6) is -1.18. The van der Waals surface area contributed by atoms with Crippen LogP contribution in [0.4, 0.5) is 14.9 Å². The molecule has 0 atom stereocenters. The molecule has 6 nitrogen and oxygen atoms in total. The van der Waals surface area contributed by atoms with Gasteiger partial charge in [-0.3, -0.25) is 14.5 Å². The Morgan fingerprint density at radius 2 is 1.96 bits per heavy atom. The first-order valence-corrected chi connectivity index (χ1v) is 9.15. The molecule has 1 saturated heterocycles. The lowest BCUT2D eigenvalue weighted by Crippen LogP contribution is -2.47. The molecule has 2 fully saturated rings. The summed E-state index contributed by atoms with van der Waals surface area (Å²) in [6.45, 7) is 1.86. The average molecular weight is 359 g/mol. The van der Waals surface area contributed by atoms with Gasteiger partial charge in [-0.05, 0) is 49.8 Å². The molecule has 4 rings (SSSR count). The summed E-state index contributed by atoms with van der Waals surface area (Å²) in [7, 11) is 0. The SMILES string of the molecule is Cc1cc(F)c2c(c1)CCCN2C(=O)CN1C(=O)NC2(CCCC2)C1=O. The molecule has 1 aromatic carbocycles. The number of nitrogens with one attached hydrogen (secondary N) is 1. The van der Waals surface area contributed by atoms with Gasteiger partial charge in [0.25, 0.3) is 5.91 Å². The molecular formula is C19H22FN3O3. The molecule has 7 heteroatoms. The molecule has 0 bridgehead atoms. The number of hydrogen-bond donors (Lipinski definition) is 1. The van der Waals surface area contributed by atoms with Gasteiger partial charge in [0.2, 0.25) is 5.91 Å². The monoisotopic (exact) mass is 359 g/mol. The minimum absolute atomic E-state index is 0.287. The molecule has 1 aromatic rings. The number of rotatable bonds is 2. The quantitative estimate of drug-likeness (QED) is 0.824. The van der Waals surface area contributed by atoms with E-state index in [0.717, 1.165) is 35.3 Å². The van der Waals surface area contributed by atoms with E-state index < -0.39 is 23.3 Å². The fourth-order valence-electron chi connectivity index (χ4n) is 4.45. The summed E-state index contributed by atoms with van der Waals surface area (Å²) in [4.78, 5) is 40.2. The molecule has 3 aliphatic rings. The van der Waals surface area contributed by atoms with Crippen molar-refractivity contribution in [1.82, 2.24) is 10.2 Å². The number of fused-ring (bicyclic) bond motifs is 1. The predicted octanol–water partition coefficient (Wildman–Crippen LogP) is 2.28. The number of benzene rings is 1. The zero-order valence-electron chi connectivity index (χ0n) is 14.8. The number of nitrogens with zero attached hydrogens (tertiary/aromatic N) is 2. The Hall–Kier alpha value is -2.44. The first-order valence-electron chi connectivity index (χ1n) is 9.15. The van der Waals surface area contributed by atoms with Gasteiger partial charge in [0.05, 0.1) is 5.69 Å². The van der Waals surface area contributed by atoms with Crippen LogP contribution in [0.15, 0.2) is 12.1 Å². The van der Waals surface area contributed by atoms with Crippen LogP contribution < -0.4 is 10.2 Å². The normalized spacial score (nSPS) is 21.3. The summed E-state index contributed by atoms with van der Waals surface area (Å²) in [6.07, 6.45) is 4.44. The van der Waals surface area contributed by atoms with Crippen LogP contribution in [0.25, 0.3) is 0 Å². The smallest absolute Gasteiger partial charge is 0.323 e. The first kappa shape index (κ1) is 17.0. The Balaban J connectivity index is 1.57. The van der Waals surface area contributed by atoms with Gasteiger partial charge >= 0.3 is 6.03 Å². The van der Waals surface area contributed by atoms with Gasteiger partial charge < -0.3 is 10.2 Å². The van der Waals surface area contributed by atoms with Crippen molar-refractivity contribution in [3.63, 3.8) is 0 Å². The van der Waals surface area contributed by atoms with Gasteiger partial charge in [0.15, 0.2) is 0 Å². The van der Waals surface area contributed by atoms with Crippen molar-refractivity contribution in [3.05, 3.63) is 29.1 Å². The van der Waals surface area contributed by atoms with Gasteiger partial charge in [-0.2, -0.15) is 0 Å². The highest BCUT2D eigenvalue weighted by atomic mass is 19.1. The van der Waals surface area contributed by atoms with Crippen molar-refractivity contribution >= 4 is 23.5 Å². The van der Waals surface area contributed by atoms with E-state index >= 15 is 0 Å². The number of aryl methyl sites for hydroxylation is 2. The highest BCUT2D eigenvalue weighted by Crippen LogP contribution is 2.36. The molecule has 2 aliphatic heterocycles. The third-order valence-electron chi connectivity index (χ3n) is 5.68. The van der Waals surface area contributed by atoms with Crippen molar-refractivity contribution in [2.45, 2.75) is 51.0 Å². The molecule has 4 amide bonds. The number of amides is 4. The van der Waals surface area contributed by atoms with Gasteiger partial charge in [-0.15, -0.1) is 0 Å². The minimum Gasteiger partial charge on any atom is -0.323 e. The Kier molecular flexibility index (Phi) is 3.97. The number of carbonyl (C=O) groups excluding carboxylic acids is 3.